The minimum atomic E-state index is -0.158. The molecule has 0 aromatic heterocycles. The maximum absolute atomic E-state index is 12.2. The van der Waals surface area contributed by atoms with E-state index in [1.54, 1.807) is 31.3 Å². The predicted octanol–water partition coefficient (Wildman–Crippen LogP) is 2.59. The summed E-state index contributed by atoms with van der Waals surface area (Å²) in [7, 11) is 1.58. The Morgan fingerprint density at radius 2 is 1.21 bits per heavy atom. The van der Waals surface area contributed by atoms with Gasteiger partial charge in [-0.2, -0.15) is 0 Å². The molecule has 2 rings (SSSR count). The molecule has 3 heteroatoms. The molecule has 0 saturated heterocycles. The van der Waals surface area contributed by atoms with Crippen LogP contribution in [-0.4, -0.2) is 18.7 Å². The van der Waals surface area contributed by atoms with Crippen LogP contribution in [0.5, 0.6) is 0 Å². The summed E-state index contributed by atoms with van der Waals surface area (Å²) >= 11 is 0. The molecule has 0 spiro atoms. The lowest BCUT2D eigenvalue weighted by Gasteiger charge is -2.03. The number of hydrogen-bond acceptors (Lipinski definition) is 2. The van der Waals surface area contributed by atoms with Crippen LogP contribution in [0.15, 0.2) is 48.5 Å². The second kappa shape index (κ2) is 5.48. The Kier molecular flexibility index (Phi) is 3.76. The topological polar surface area (TPSA) is 46.2 Å². The summed E-state index contributed by atoms with van der Waals surface area (Å²) in [5, 5.41) is 2.54. The van der Waals surface area contributed by atoms with Gasteiger partial charge in [0.15, 0.2) is 5.78 Å². The fraction of sp³-hybridized carbons (Fsp3) is 0.125. The molecule has 0 heterocycles. The van der Waals surface area contributed by atoms with Crippen LogP contribution in [0.4, 0.5) is 0 Å². The predicted molar refractivity (Wildman–Crippen MR) is 74.4 cm³/mol. The summed E-state index contributed by atoms with van der Waals surface area (Å²) in [4.78, 5) is 23.6. The van der Waals surface area contributed by atoms with Gasteiger partial charge in [0.1, 0.15) is 0 Å². The minimum Gasteiger partial charge on any atom is -0.355 e. The van der Waals surface area contributed by atoms with Crippen LogP contribution in [0.25, 0.3) is 0 Å². The molecule has 2 aromatic rings. The SMILES string of the molecule is CNC(=O)c1ccc(C(=O)c2ccc(C)cc2)cc1. The van der Waals surface area contributed by atoms with E-state index in [4.69, 9.17) is 0 Å². The molecular formula is C16H15NO2. The Hall–Kier alpha value is -2.42. The Balaban J connectivity index is 2.25. The van der Waals surface area contributed by atoms with Crippen LogP contribution in [0, 0.1) is 6.92 Å². The van der Waals surface area contributed by atoms with E-state index < -0.39 is 0 Å². The first-order valence-corrected chi connectivity index (χ1v) is 6.05. The average Bonchev–Trinajstić information content (AvgIpc) is 2.46. The summed E-state index contributed by atoms with van der Waals surface area (Å²) in [6, 6.07) is 14.1. The van der Waals surface area contributed by atoms with Gasteiger partial charge in [0.2, 0.25) is 0 Å². The molecule has 0 aliphatic carbocycles. The van der Waals surface area contributed by atoms with Crippen molar-refractivity contribution in [1.29, 1.82) is 0 Å². The average molecular weight is 253 g/mol. The summed E-state index contributed by atoms with van der Waals surface area (Å²) in [6.07, 6.45) is 0. The Morgan fingerprint density at radius 3 is 1.68 bits per heavy atom. The minimum absolute atomic E-state index is 0.0385. The van der Waals surface area contributed by atoms with Gasteiger partial charge in [0, 0.05) is 23.7 Å². The normalized spacial score (nSPS) is 10.0. The van der Waals surface area contributed by atoms with Crippen LogP contribution in [-0.2, 0) is 0 Å². The van der Waals surface area contributed by atoms with Crippen molar-refractivity contribution >= 4 is 11.7 Å². The van der Waals surface area contributed by atoms with Gasteiger partial charge in [-0.15, -0.1) is 0 Å². The van der Waals surface area contributed by atoms with Crippen molar-refractivity contribution in [2.24, 2.45) is 0 Å². The van der Waals surface area contributed by atoms with E-state index in [1.807, 2.05) is 31.2 Å². The molecule has 0 fully saturated rings. The zero-order valence-electron chi connectivity index (χ0n) is 10.9. The second-order valence-corrected chi connectivity index (χ2v) is 4.35. The maximum Gasteiger partial charge on any atom is 0.251 e. The molecule has 1 amide bonds. The van der Waals surface area contributed by atoms with E-state index in [0.717, 1.165) is 5.56 Å². The highest BCUT2D eigenvalue weighted by molar-refractivity contribution is 6.09. The van der Waals surface area contributed by atoms with Crippen molar-refractivity contribution in [2.45, 2.75) is 6.92 Å². The number of hydrogen-bond donors (Lipinski definition) is 1. The van der Waals surface area contributed by atoms with Gasteiger partial charge in [0.25, 0.3) is 5.91 Å². The number of benzene rings is 2. The van der Waals surface area contributed by atoms with Crippen LogP contribution in [0.1, 0.15) is 31.8 Å². The quantitative estimate of drug-likeness (QED) is 0.855. The molecule has 19 heavy (non-hydrogen) atoms. The smallest absolute Gasteiger partial charge is 0.251 e. The summed E-state index contributed by atoms with van der Waals surface area (Å²) in [5.74, 6) is -0.196. The summed E-state index contributed by atoms with van der Waals surface area (Å²) < 4.78 is 0. The van der Waals surface area contributed by atoms with Crippen molar-refractivity contribution in [3.63, 3.8) is 0 Å². The van der Waals surface area contributed by atoms with Crippen molar-refractivity contribution in [3.8, 4) is 0 Å². The summed E-state index contributed by atoms with van der Waals surface area (Å²) in [6.45, 7) is 1.98. The van der Waals surface area contributed by atoms with Gasteiger partial charge in [-0.05, 0) is 19.1 Å². The van der Waals surface area contributed by atoms with Gasteiger partial charge in [-0.3, -0.25) is 9.59 Å². The van der Waals surface area contributed by atoms with E-state index in [2.05, 4.69) is 5.32 Å². The fourth-order valence-corrected chi connectivity index (χ4v) is 1.79. The van der Waals surface area contributed by atoms with Gasteiger partial charge in [-0.1, -0.05) is 42.0 Å². The lowest BCUT2D eigenvalue weighted by molar-refractivity contribution is 0.0961. The highest BCUT2D eigenvalue weighted by Crippen LogP contribution is 2.12. The molecule has 0 unspecified atom stereocenters. The Labute approximate surface area is 112 Å². The van der Waals surface area contributed by atoms with Crippen LogP contribution in [0.3, 0.4) is 0 Å². The lowest BCUT2D eigenvalue weighted by Crippen LogP contribution is -2.17. The Morgan fingerprint density at radius 1 is 0.789 bits per heavy atom. The standard InChI is InChI=1S/C16H15NO2/c1-11-3-5-12(6-4-11)15(18)13-7-9-14(10-8-13)16(19)17-2/h3-10H,1-2H3,(H,17,19). The molecule has 0 bridgehead atoms. The molecule has 3 nitrogen and oxygen atoms in total. The molecule has 2 aromatic carbocycles. The van der Waals surface area contributed by atoms with Crippen molar-refractivity contribution in [2.75, 3.05) is 7.05 Å². The van der Waals surface area contributed by atoms with Crippen molar-refractivity contribution in [3.05, 3.63) is 70.8 Å². The molecule has 0 saturated carbocycles. The molecule has 96 valence electrons. The first kappa shape index (κ1) is 13.0. The van der Waals surface area contributed by atoms with Crippen LogP contribution in [0.2, 0.25) is 0 Å². The van der Waals surface area contributed by atoms with E-state index in [0.29, 0.717) is 16.7 Å². The lowest BCUT2D eigenvalue weighted by atomic mass is 10.0. The fourth-order valence-electron chi connectivity index (χ4n) is 1.79. The third-order valence-electron chi connectivity index (χ3n) is 2.95. The Bertz CT molecular complexity index is 598. The monoisotopic (exact) mass is 253 g/mol. The van der Waals surface area contributed by atoms with Crippen molar-refractivity contribution < 1.29 is 9.59 Å². The number of carbonyl (C=O) groups is 2. The van der Waals surface area contributed by atoms with Gasteiger partial charge in [-0.25, -0.2) is 0 Å². The number of carbonyl (C=O) groups excluding carboxylic acids is 2. The molecule has 0 radical (unpaired) electrons. The van der Waals surface area contributed by atoms with Crippen LogP contribution >= 0.6 is 0 Å². The maximum atomic E-state index is 12.2. The number of amides is 1. The molecule has 0 aliphatic heterocycles. The number of nitrogens with one attached hydrogen (secondary N) is 1. The van der Waals surface area contributed by atoms with Crippen molar-refractivity contribution in [1.82, 2.24) is 5.32 Å². The summed E-state index contributed by atoms with van der Waals surface area (Å²) in [5.41, 5.74) is 2.89. The molecule has 0 aliphatic rings. The van der Waals surface area contributed by atoms with Crippen LogP contribution < -0.4 is 5.32 Å². The molecule has 1 N–H and O–H groups in total. The molecule has 0 atom stereocenters. The molecular weight excluding hydrogens is 238 g/mol. The highest BCUT2D eigenvalue weighted by atomic mass is 16.1. The zero-order chi connectivity index (χ0) is 13.8. The number of rotatable bonds is 3. The van der Waals surface area contributed by atoms with Gasteiger partial charge >= 0.3 is 0 Å². The third kappa shape index (κ3) is 2.88. The third-order valence-corrected chi connectivity index (χ3v) is 2.95. The first-order chi connectivity index (χ1) is 9.11. The van der Waals surface area contributed by atoms with E-state index in [9.17, 15) is 9.59 Å². The van der Waals surface area contributed by atoms with Gasteiger partial charge < -0.3 is 5.32 Å². The first-order valence-electron chi connectivity index (χ1n) is 6.05. The largest absolute Gasteiger partial charge is 0.355 e. The zero-order valence-corrected chi connectivity index (χ0v) is 10.9. The van der Waals surface area contributed by atoms with Gasteiger partial charge in [0.05, 0.1) is 0 Å². The van der Waals surface area contributed by atoms with E-state index in [-0.39, 0.29) is 11.7 Å². The van der Waals surface area contributed by atoms with E-state index >= 15 is 0 Å². The highest BCUT2D eigenvalue weighted by Gasteiger charge is 2.09. The number of aryl methyl sites for hydroxylation is 1. The van der Waals surface area contributed by atoms with E-state index in [1.165, 1.54) is 0 Å². The second-order valence-electron chi connectivity index (χ2n) is 4.35. The number of ketones is 1.